The van der Waals surface area contributed by atoms with Crippen LogP contribution < -0.4 is 25.0 Å². The number of fused-ring (bicyclic) bond motifs is 2. The van der Waals surface area contributed by atoms with E-state index in [1.807, 2.05) is 6.92 Å². The molecular weight excluding hydrogens is 509 g/mol. The zero-order chi connectivity index (χ0) is 27.5. The minimum atomic E-state index is -1.24. The standard InChI is InChI=1S/C25H34FN9O4/c1-4-38-22-12-28-20(11-29-22)31-24(36)34(3)19-14-35(8-6-17(19)26)23-27-7-5-21(32-23)39-25(37)30-18-10-16-9-15(18)13-33(16)2/h5,7,11-12,15-19H,4,6,8-10,13-14H2,1-3H3,(H,30,37)(H,28,31,36)/t15-,16-,17-,18+,19+/m1/s1. The number of carbonyl (C=O) groups is 2. The van der Waals surface area contributed by atoms with Crippen LogP contribution in [0.25, 0.3) is 0 Å². The monoisotopic (exact) mass is 543 g/mol. The van der Waals surface area contributed by atoms with E-state index >= 15 is 0 Å². The number of carbonyl (C=O) groups excluding carboxylic acids is 2. The molecule has 3 aliphatic rings. The smallest absolute Gasteiger partial charge is 0.414 e. The molecule has 2 aromatic rings. The lowest BCUT2D eigenvalue weighted by atomic mass is 10.0. The number of likely N-dealkylation sites (N-methyl/N-ethyl adjacent to an activating group) is 1. The summed E-state index contributed by atoms with van der Waals surface area (Å²) in [5.41, 5.74) is 0. The van der Waals surface area contributed by atoms with Crippen LogP contribution in [-0.4, -0.2) is 106 Å². The number of rotatable bonds is 7. The van der Waals surface area contributed by atoms with Crippen LogP contribution in [-0.2, 0) is 0 Å². The number of piperidine rings is 2. The maximum atomic E-state index is 14.9. The van der Waals surface area contributed by atoms with Gasteiger partial charge in [-0.3, -0.25) is 5.32 Å². The Balaban J connectivity index is 1.17. The van der Waals surface area contributed by atoms with Gasteiger partial charge < -0.3 is 29.5 Å². The van der Waals surface area contributed by atoms with Gasteiger partial charge in [0.1, 0.15) is 6.17 Å². The molecule has 2 aromatic heterocycles. The molecule has 14 heteroatoms. The number of hydrogen-bond donors (Lipinski definition) is 2. The molecule has 2 N–H and O–H groups in total. The molecular formula is C25H34FN9O4. The van der Waals surface area contributed by atoms with Crippen LogP contribution in [0.15, 0.2) is 24.7 Å². The van der Waals surface area contributed by atoms with E-state index in [4.69, 9.17) is 9.47 Å². The molecule has 3 amide bonds. The summed E-state index contributed by atoms with van der Waals surface area (Å²) in [7, 11) is 3.63. The minimum absolute atomic E-state index is 0.0969. The molecule has 1 aliphatic carbocycles. The quantitative estimate of drug-likeness (QED) is 0.533. The predicted molar refractivity (Wildman–Crippen MR) is 140 cm³/mol. The first-order valence-electron chi connectivity index (χ1n) is 13.2. The number of halogens is 1. The van der Waals surface area contributed by atoms with Crippen molar-refractivity contribution in [2.24, 2.45) is 5.92 Å². The van der Waals surface area contributed by atoms with Crippen molar-refractivity contribution >= 4 is 23.9 Å². The normalized spacial score (nSPS) is 26.3. The van der Waals surface area contributed by atoms with E-state index in [0.717, 1.165) is 19.4 Å². The van der Waals surface area contributed by atoms with E-state index in [-0.39, 0.29) is 30.7 Å². The lowest BCUT2D eigenvalue weighted by molar-refractivity contribution is 0.133. The van der Waals surface area contributed by atoms with Crippen LogP contribution in [0, 0.1) is 5.92 Å². The molecule has 2 bridgehead atoms. The highest BCUT2D eigenvalue weighted by atomic mass is 19.1. The molecule has 13 nitrogen and oxygen atoms in total. The lowest BCUT2D eigenvalue weighted by Gasteiger charge is -2.39. The number of nitrogens with zero attached hydrogens (tertiary/aromatic N) is 7. The first kappa shape index (κ1) is 26.8. The van der Waals surface area contributed by atoms with Gasteiger partial charge in [-0.1, -0.05) is 0 Å². The van der Waals surface area contributed by atoms with Crippen LogP contribution in [0.4, 0.5) is 25.7 Å². The molecule has 0 aromatic carbocycles. The summed E-state index contributed by atoms with van der Waals surface area (Å²) in [5.74, 6) is 1.41. The number of hydrogen-bond acceptors (Lipinski definition) is 10. The van der Waals surface area contributed by atoms with Gasteiger partial charge in [-0.05, 0) is 39.2 Å². The molecule has 2 aliphatic heterocycles. The molecule has 4 heterocycles. The highest BCUT2D eigenvalue weighted by Gasteiger charge is 2.43. The van der Waals surface area contributed by atoms with Gasteiger partial charge in [0.2, 0.25) is 17.7 Å². The highest BCUT2D eigenvalue weighted by Crippen LogP contribution is 2.36. The van der Waals surface area contributed by atoms with Crippen LogP contribution in [0.2, 0.25) is 0 Å². The van der Waals surface area contributed by atoms with E-state index in [0.29, 0.717) is 36.9 Å². The van der Waals surface area contributed by atoms with Crippen molar-refractivity contribution in [3.8, 4) is 11.8 Å². The summed E-state index contributed by atoms with van der Waals surface area (Å²) >= 11 is 0. The van der Waals surface area contributed by atoms with Gasteiger partial charge in [0.15, 0.2) is 5.82 Å². The Hall–Kier alpha value is -3.81. The first-order chi connectivity index (χ1) is 18.8. The molecule has 5 rings (SSSR count). The van der Waals surface area contributed by atoms with Gasteiger partial charge in [0.05, 0.1) is 25.0 Å². The van der Waals surface area contributed by atoms with E-state index < -0.39 is 24.3 Å². The Morgan fingerprint density at radius 3 is 2.72 bits per heavy atom. The zero-order valence-corrected chi connectivity index (χ0v) is 22.3. The summed E-state index contributed by atoms with van der Waals surface area (Å²) in [5, 5.41) is 5.60. The largest absolute Gasteiger partial charge is 0.477 e. The van der Waals surface area contributed by atoms with Gasteiger partial charge >= 0.3 is 12.1 Å². The molecule has 210 valence electrons. The van der Waals surface area contributed by atoms with Gasteiger partial charge in [-0.25, -0.2) is 28.9 Å². The van der Waals surface area contributed by atoms with Gasteiger partial charge in [0.25, 0.3) is 0 Å². The Labute approximate surface area is 226 Å². The summed E-state index contributed by atoms with van der Waals surface area (Å²) < 4.78 is 25.7. The maximum Gasteiger partial charge on any atom is 0.414 e. The number of aromatic nitrogens is 4. The van der Waals surface area contributed by atoms with Gasteiger partial charge in [-0.2, -0.15) is 4.98 Å². The Morgan fingerprint density at radius 1 is 1.18 bits per heavy atom. The molecule has 0 spiro atoms. The summed E-state index contributed by atoms with van der Waals surface area (Å²) in [6.45, 7) is 3.76. The van der Waals surface area contributed by atoms with Gasteiger partial charge in [-0.15, -0.1) is 0 Å². The fraction of sp³-hybridized carbons (Fsp3) is 0.600. The molecule has 0 unspecified atom stereocenters. The zero-order valence-electron chi connectivity index (χ0n) is 22.3. The third kappa shape index (κ3) is 6.10. The predicted octanol–water partition coefficient (Wildman–Crippen LogP) is 1.93. The molecule has 5 atom stereocenters. The van der Waals surface area contributed by atoms with Gasteiger partial charge in [0, 0.05) is 51.0 Å². The fourth-order valence-corrected chi connectivity index (χ4v) is 5.57. The Kier molecular flexibility index (Phi) is 7.91. The molecule has 1 saturated carbocycles. The molecule has 0 radical (unpaired) electrons. The van der Waals surface area contributed by atoms with Crippen molar-refractivity contribution in [2.75, 3.05) is 50.6 Å². The number of amides is 3. The Bertz CT molecular complexity index is 1170. The van der Waals surface area contributed by atoms with E-state index in [9.17, 15) is 14.0 Å². The molecule has 39 heavy (non-hydrogen) atoms. The van der Waals surface area contributed by atoms with Crippen molar-refractivity contribution in [1.82, 2.24) is 35.1 Å². The minimum Gasteiger partial charge on any atom is -0.477 e. The van der Waals surface area contributed by atoms with Crippen LogP contribution in [0.5, 0.6) is 11.8 Å². The van der Waals surface area contributed by atoms with Crippen LogP contribution in [0.1, 0.15) is 26.2 Å². The number of ether oxygens (including phenoxy) is 2. The number of urea groups is 1. The maximum absolute atomic E-state index is 14.9. The lowest BCUT2D eigenvalue weighted by Crippen LogP contribution is -2.55. The van der Waals surface area contributed by atoms with Crippen molar-refractivity contribution in [3.05, 3.63) is 24.7 Å². The van der Waals surface area contributed by atoms with Crippen LogP contribution >= 0.6 is 0 Å². The summed E-state index contributed by atoms with van der Waals surface area (Å²) in [6, 6.07) is 0.825. The summed E-state index contributed by atoms with van der Waals surface area (Å²) in [4.78, 5) is 47.6. The van der Waals surface area contributed by atoms with Crippen molar-refractivity contribution < 1.29 is 23.5 Å². The third-order valence-electron chi connectivity index (χ3n) is 7.69. The second-order valence-electron chi connectivity index (χ2n) is 10.2. The first-order valence-corrected chi connectivity index (χ1v) is 13.2. The number of nitrogens with one attached hydrogen (secondary N) is 2. The summed E-state index contributed by atoms with van der Waals surface area (Å²) in [6.07, 6.45) is 4.67. The van der Waals surface area contributed by atoms with Crippen molar-refractivity contribution in [1.29, 1.82) is 0 Å². The third-order valence-corrected chi connectivity index (χ3v) is 7.69. The average molecular weight is 544 g/mol. The number of alkyl halides is 1. The molecule has 2 saturated heterocycles. The second kappa shape index (κ2) is 11.5. The molecule has 3 fully saturated rings. The fourth-order valence-electron chi connectivity index (χ4n) is 5.57. The van der Waals surface area contributed by atoms with E-state index in [2.05, 4.69) is 42.5 Å². The topological polar surface area (TPSA) is 138 Å². The number of anilines is 2. The second-order valence-corrected chi connectivity index (χ2v) is 10.2. The van der Waals surface area contributed by atoms with E-state index in [1.165, 1.54) is 36.6 Å². The van der Waals surface area contributed by atoms with Crippen molar-refractivity contribution in [3.63, 3.8) is 0 Å². The van der Waals surface area contributed by atoms with Crippen LogP contribution in [0.3, 0.4) is 0 Å². The number of likely N-dealkylation sites (tertiary alicyclic amines) is 1. The highest BCUT2D eigenvalue weighted by molar-refractivity contribution is 5.88. The average Bonchev–Trinajstić information content (AvgIpc) is 3.49. The van der Waals surface area contributed by atoms with E-state index in [1.54, 1.807) is 4.90 Å². The van der Waals surface area contributed by atoms with Crippen molar-refractivity contribution in [2.45, 2.75) is 50.5 Å². The SMILES string of the molecule is CCOc1cnc(NC(=O)N(C)[C@H]2CN(c3nccc(OC(=O)N[C@H]4C[C@H]5C[C@@H]4CN5C)n3)CC[C@H]2F)cn1. The Morgan fingerprint density at radius 2 is 2.03 bits per heavy atom.